The van der Waals surface area contributed by atoms with Crippen LogP contribution in [0.5, 0.6) is 5.75 Å². The fraction of sp³-hybridized carbons (Fsp3) is 0.250. The van der Waals surface area contributed by atoms with E-state index in [9.17, 15) is 4.79 Å². The maximum atomic E-state index is 13.2. The quantitative estimate of drug-likeness (QED) is 0.621. The zero-order valence-corrected chi connectivity index (χ0v) is 16.3. The van der Waals surface area contributed by atoms with E-state index in [0.717, 1.165) is 16.1 Å². The number of carbonyl (C=O) groups excluding carboxylic acids is 1. The second-order valence-electron chi connectivity index (χ2n) is 5.91. The van der Waals surface area contributed by atoms with E-state index in [1.165, 1.54) is 11.3 Å². The molecule has 140 valence electrons. The van der Waals surface area contributed by atoms with Crippen LogP contribution in [-0.4, -0.2) is 43.5 Å². The molecule has 0 spiro atoms. The predicted octanol–water partition coefficient (Wildman–Crippen LogP) is 3.82. The number of aromatic nitrogens is 2. The van der Waals surface area contributed by atoms with Crippen LogP contribution in [0.15, 0.2) is 48.5 Å². The summed E-state index contributed by atoms with van der Waals surface area (Å²) in [6.45, 7) is 2.79. The molecule has 0 atom stereocenters. The molecule has 3 rings (SSSR count). The normalized spacial score (nSPS) is 10.6. The van der Waals surface area contributed by atoms with Crippen molar-refractivity contribution in [3.8, 4) is 16.3 Å². The van der Waals surface area contributed by atoms with Crippen LogP contribution in [0.3, 0.4) is 0 Å². The van der Waals surface area contributed by atoms with E-state index in [2.05, 4.69) is 10.2 Å². The molecular weight excluding hydrogens is 362 g/mol. The predicted molar refractivity (Wildman–Crippen MR) is 107 cm³/mol. The molecule has 2 aromatic carbocycles. The maximum absolute atomic E-state index is 13.2. The highest BCUT2D eigenvalue weighted by Gasteiger charge is 2.24. The number of ether oxygens (including phenoxy) is 2. The van der Waals surface area contributed by atoms with Crippen molar-refractivity contribution in [2.75, 3.05) is 32.3 Å². The summed E-state index contributed by atoms with van der Waals surface area (Å²) in [5, 5.41) is 9.83. The average molecular weight is 383 g/mol. The highest BCUT2D eigenvalue weighted by atomic mass is 32.1. The van der Waals surface area contributed by atoms with Crippen molar-refractivity contribution in [3.05, 3.63) is 59.7 Å². The van der Waals surface area contributed by atoms with Gasteiger partial charge in [0.05, 0.1) is 25.8 Å². The van der Waals surface area contributed by atoms with Crippen LogP contribution in [0.25, 0.3) is 10.6 Å². The van der Waals surface area contributed by atoms with Crippen LogP contribution in [0, 0.1) is 6.92 Å². The second-order valence-corrected chi connectivity index (χ2v) is 6.87. The van der Waals surface area contributed by atoms with E-state index >= 15 is 0 Å². The summed E-state index contributed by atoms with van der Waals surface area (Å²) in [4.78, 5) is 14.7. The number of aryl methyl sites for hydroxylation is 1. The van der Waals surface area contributed by atoms with Gasteiger partial charge in [-0.15, -0.1) is 10.2 Å². The Morgan fingerprint density at radius 3 is 2.67 bits per heavy atom. The molecule has 0 aliphatic rings. The molecule has 1 amide bonds. The summed E-state index contributed by atoms with van der Waals surface area (Å²) in [6.07, 6.45) is 0. The molecule has 0 saturated carbocycles. The number of anilines is 1. The number of methoxy groups -OCH3 is 2. The largest absolute Gasteiger partial charge is 0.496 e. The summed E-state index contributed by atoms with van der Waals surface area (Å²) in [5.41, 5.74) is 2.60. The number of carbonyl (C=O) groups is 1. The van der Waals surface area contributed by atoms with E-state index < -0.39 is 0 Å². The lowest BCUT2D eigenvalue weighted by Crippen LogP contribution is -2.34. The van der Waals surface area contributed by atoms with Crippen LogP contribution in [-0.2, 0) is 4.74 Å². The van der Waals surface area contributed by atoms with Crippen LogP contribution >= 0.6 is 11.3 Å². The van der Waals surface area contributed by atoms with Gasteiger partial charge in [0.2, 0.25) is 5.13 Å². The number of nitrogens with zero attached hydrogens (tertiary/aromatic N) is 3. The monoisotopic (exact) mass is 383 g/mol. The van der Waals surface area contributed by atoms with E-state index in [0.29, 0.717) is 29.6 Å². The lowest BCUT2D eigenvalue weighted by atomic mass is 10.1. The first kappa shape index (κ1) is 19.0. The molecule has 3 aromatic rings. The minimum absolute atomic E-state index is 0.198. The lowest BCUT2D eigenvalue weighted by Gasteiger charge is -2.20. The minimum atomic E-state index is -0.198. The van der Waals surface area contributed by atoms with E-state index in [1.54, 1.807) is 31.3 Å². The third-order valence-electron chi connectivity index (χ3n) is 4.01. The SMILES string of the molecule is COCCN(C(=O)c1ccccc1OC)c1nnc(-c2cccc(C)c2)s1. The highest BCUT2D eigenvalue weighted by Crippen LogP contribution is 2.31. The van der Waals surface area contributed by atoms with Gasteiger partial charge >= 0.3 is 0 Å². The minimum Gasteiger partial charge on any atom is -0.496 e. The molecule has 0 unspecified atom stereocenters. The van der Waals surface area contributed by atoms with Crippen LogP contribution in [0.2, 0.25) is 0 Å². The molecule has 1 aromatic heterocycles. The molecule has 0 radical (unpaired) electrons. The first-order chi connectivity index (χ1) is 13.1. The fourth-order valence-electron chi connectivity index (χ4n) is 2.65. The Morgan fingerprint density at radius 2 is 1.93 bits per heavy atom. The summed E-state index contributed by atoms with van der Waals surface area (Å²) < 4.78 is 10.5. The van der Waals surface area contributed by atoms with Crippen molar-refractivity contribution in [2.24, 2.45) is 0 Å². The molecule has 0 bridgehead atoms. The lowest BCUT2D eigenvalue weighted by molar-refractivity contribution is 0.0973. The van der Waals surface area contributed by atoms with Crippen LogP contribution in [0.4, 0.5) is 5.13 Å². The molecule has 0 aliphatic carbocycles. The van der Waals surface area contributed by atoms with Crippen molar-refractivity contribution in [1.82, 2.24) is 10.2 Å². The molecule has 0 aliphatic heterocycles. The number of hydrogen-bond acceptors (Lipinski definition) is 6. The van der Waals surface area contributed by atoms with Crippen LogP contribution in [0.1, 0.15) is 15.9 Å². The zero-order chi connectivity index (χ0) is 19.2. The first-order valence-corrected chi connectivity index (χ1v) is 9.30. The van der Waals surface area contributed by atoms with Gasteiger partial charge in [0.25, 0.3) is 5.91 Å². The van der Waals surface area contributed by atoms with Crippen molar-refractivity contribution in [2.45, 2.75) is 6.92 Å². The van der Waals surface area contributed by atoms with Crippen molar-refractivity contribution < 1.29 is 14.3 Å². The number of benzene rings is 2. The first-order valence-electron chi connectivity index (χ1n) is 8.48. The molecule has 0 N–H and O–H groups in total. The molecule has 7 heteroatoms. The van der Waals surface area contributed by atoms with Gasteiger partial charge in [0, 0.05) is 12.7 Å². The Kier molecular flexibility index (Phi) is 6.16. The summed E-state index contributed by atoms with van der Waals surface area (Å²) in [5.74, 6) is 0.324. The Hall–Kier alpha value is -2.77. The van der Waals surface area contributed by atoms with E-state index in [4.69, 9.17) is 9.47 Å². The Morgan fingerprint density at radius 1 is 1.11 bits per heavy atom. The highest BCUT2D eigenvalue weighted by molar-refractivity contribution is 7.18. The summed E-state index contributed by atoms with van der Waals surface area (Å²) in [6, 6.07) is 15.2. The number of amides is 1. The van der Waals surface area contributed by atoms with Crippen molar-refractivity contribution in [1.29, 1.82) is 0 Å². The molecule has 27 heavy (non-hydrogen) atoms. The van der Waals surface area contributed by atoms with Gasteiger partial charge in [-0.1, -0.05) is 47.2 Å². The van der Waals surface area contributed by atoms with Gasteiger partial charge in [-0.2, -0.15) is 0 Å². The molecule has 0 saturated heterocycles. The number of para-hydroxylation sites is 1. The Bertz CT molecular complexity index is 926. The van der Waals surface area contributed by atoms with Gasteiger partial charge < -0.3 is 9.47 Å². The topological polar surface area (TPSA) is 64.5 Å². The molecule has 6 nitrogen and oxygen atoms in total. The van der Waals surface area contributed by atoms with E-state index in [-0.39, 0.29) is 5.91 Å². The Balaban J connectivity index is 1.94. The molecular formula is C20H21N3O3S. The second kappa shape index (κ2) is 8.75. The maximum Gasteiger partial charge on any atom is 0.263 e. The summed E-state index contributed by atoms with van der Waals surface area (Å²) >= 11 is 1.38. The Labute approximate surface area is 162 Å². The van der Waals surface area contributed by atoms with Gasteiger partial charge in [-0.05, 0) is 25.1 Å². The third-order valence-corrected chi connectivity index (χ3v) is 5.01. The smallest absolute Gasteiger partial charge is 0.263 e. The third kappa shape index (κ3) is 4.32. The van der Waals surface area contributed by atoms with Crippen molar-refractivity contribution >= 4 is 22.4 Å². The number of rotatable bonds is 7. The van der Waals surface area contributed by atoms with Gasteiger partial charge in [0.1, 0.15) is 10.8 Å². The van der Waals surface area contributed by atoms with Gasteiger partial charge in [0.15, 0.2) is 0 Å². The van der Waals surface area contributed by atoms with Gasteiger partial charge in [-0.25, -0.2) is 0 Å². The fourth-order valence-corrected chi connectivity index (χ4v) is 3.52. The van der Waals surface area contributed by atoms with Crippen LogP contribution < -0.4 is 9.64 Å². The van der Waals surface area contributed by atoms with Crippen molar-refractivity contribution in [3.63, 3.8) is 0 Å². The number of hydrogen-bond donors (Lipinski definition) is 0. The standard InChI is InChI=1S/C20H21N3O3S/c1-14-7-6-8-15(13-14)18-21-22-20(27-18)23(11-12-25-2)19(24)16-9-4-5-10-17(16)26-3/h4-10,13H,11-12H2,1-3H3. The van der Waals surface area contributed by atoms with Gasteiger partial charge in [-0.3, -0.25) is 9.69 Å². The molecule has 1 heterocycles. The molecule has 0 fully saturated rings. The zero-order valence-electron chi connectivity index (χ0n) is 15.5. The summed E-state index contributed by atoms with van der Waals surface area (Å²) in [7, 11) is 3.15. The van der Waals surface area contributed by atoms with E-state index in [1.807, 2.05) is 43.3 Å². The average Bonchev–Trinajstić information content (AvgIpc) is 3.18.